The molecule has 8 nitrogen and oxygen atoms in total. The predicted octanol–water partition coefficient (Wildman–Crippen LogP) is 2.20. The number of nitrogens with one attached hydrogen (secondary N) is 2. The number of hydrogen-bond acceptors (Lipinski definition) is 5. The molecule has 3 rings (SSSR count). The van der Waals surface area contributed by atoms with Crippen LogP contribution in [-0.2, 0) is 4.74 Å². The molecule has 0 spiro atoms. The summed E-state index contributed by atoms with van der Waals surface area (Å²) in [6, 6.07) is 4.89. The Morgan fingerprint density at radius 3 is 2.80 bits per heavy atom. The summed E-state index contributed by atoms with van der Waals surface area (Å²) in [5.74, 6) is 1.31. The topological polar surface area (TPSA) is 89.1 Å². The van der Waals surface area contributed by atoms with E-state index in [9.17, 15) is 9.59 Å². The molecular formula is C17H23N3O5. The zero-order valence-corrected chi connectivity index (χ0v) is 14.2. The zero-order valence-electron chi connectivity index (χ0n) is 14.2. The van der Waals surface area contributed by atoms with Crippen LogP contribution in [0, 0.1) is 0 Å². The second kappa shape index (κ2) is 7.96. The SMILES string of the molecule is COC(=O)N1CCC[C@@H](NC(=O)Nc2ccc3c(c2)OCCCO3)C1. The summed E-state index contributed by atoms with van der Waals surface area (Å²) in [5.41, 5.74) is 0.627. The molecule has 136 valence electrons. The first-order chi connectivity index (χ1) is 12.2. The van der Waals surface area contributed by atoms with Gasteiger partial charge in [-0.15, -0.1) is 0 Å². The maximum absolute atomic E-state index is 12.2. The fourth-order valence-electron chi connectivity index (χ4n) is 2.98. The van der Waals surface area contributed by atoms with Crippen molar-refractivity contribution in [1.82, 2.24) is 10.2 Å². The van der Waals surface area contributed by atoms with E-state index in [-0.39, 0.29) is 18.2 Å². The number of urea groups is 1. The molecule has 3 amide bonds. The van der Waals surface area contributed by atoms with Gasteiger partial charge in [-0.3, -0.25) is 0 Å². The van der Waals surface area contributed by atoms with Crippen molar-refractivity contribution in [2.45, 2.75) is 25.3 Å². The van der Waals surface area contributed by atoms with E-state index >= 15 is 0 Å². The van der Waals surface area contributed by atoms with Crippen LogP contribution in [0.5, 0.6) is 11.5 Å². The van der Waals surface area contributed by atoms with E-state index in [0.29, 0.717) is 43.5 Å². The number of carbonyl (C=O) groups is 2. The molecule has 1 fully saturated rings. The molecule has 1 aromatic rings. The standard InChI is InChI=1S/C17H23N3O5/c1-23-17(22)20-7-2-4-13(11-20)19-16(21)18-12-5-6-14-15(10-12)25-9-3-8-24-14/h5-6,10,13H,2-4,7-9,11H2,1H3,(H2,18,19,21)/t13-/m1/s1. The molecule has 1 atom stereocenters. The summed E-state index contributed by atoms with van der Waals surface area (Å²) in [5, 5.41) is 5.69. The molecule has 1 aromatic carbocycles. The van der Waals surface area contributed by atoms with Gasteiger partial charge in [-0.05, 0) is 25.0 Å². The summed E-state index contributed by atoms with van der Waals surface area (Å²) in [7, 11) is 1.36. The average Bonchev–Trinajstić information content (AvgIpc) is 2.86. The van der Waals surface area contributed by atoms with Gasteiger partial charge in [0, 0.05) is 37.3 Å². The van der Waals surface area contributed by atoms with E-state index in [0.717, 1.165) is 19.3 Å². The first-order valence-electron chi connectivity index (χ1n) is 8.46. The van der Waals surface area contributed by atoms with Gasteiger partial charge in [-0.25, -0.2) is 9.59 Å². The Balaban J connectivity index is 1.55. The van der Waals surface area contributed by atoms with E-state index < -0.39 is 0 Å². The van der Waals surface area contributed by atoms with Crippen LogP contribution in [0.3, 0.4) is 0 Å². The molecule has 2 heterocycles. The minimum absolute atomic E-state index is 0.103. The number of methoxy groups -OCH3 is 1. The largest absolute Gasteiger partial charge is 0.490 e. The number of likely N-dealkylation sites (tertiary alicyclic amines) is 1. The van der Waals surface area contributed by atoms with Crippen LogP contribution in [-0.4, -0.2) is 56.5 Å². The number of rotatable bonds is 2. The van der Waals surface area contributed by atoms with Crippen molar-refractivity contribution in [3.8, 4) is 11.5 Å². The number of piperidine rings is 1. The van der Waals surface area contributed by atoms with E-state index in [4.69, 9.17) is 14.2 Å². The van der Waals surface area contributed by atoms with Gasteiger partial charge in [-0.2, -0.15) is 0 Å². The van der Waals surface area contributed by atoms with E-state index in [1.165, 1.54) is 7.11 Å². The van der Waals surface area contributed by atoms with Gasteiger partial charge in [0.15, 0.2) is 11.5 Å². The van der Waals surface area contributed by atoms with Gasteiger partial charge in [0.05, 0.1) is 20.3 Å². The molecule has 2 aliphatic heterocycles. The molecule has 0 unspecified atom stereocenters. The summed E-state index contributed by atoms with van der Waals surface area (Å²) in [4.78, 5) is 25.4. The van der Waals surface area contributed by atoms with Gasteiger partial charge in [-0.1, -0.05) is 0 Å². The number of hydrogen-bond donors (Lipinski definition) is 2. The summed E-state index contributed by atoms with van der Waals surface area (Å²) in [6.07, 6.45) is 2.11. The predicted molar refractivity (Wildman–Crippen MR) is 91.2 cm³/mol. The van der Waals surface area contributed by atoms with Crippen molar-refractivity contribution < 1.29 is 23.8 Å². The highest BCUT2D eigenvalue weighted by Crippen LogP contribution is 2.32. The number of benzene rings is 1. The molecule has 1 saturated heterocycles. The van der Waals surface area contributed by atoms with Gasteiger partial charge < -0.3 is 29.7 Å². The van der Waals surface area contributed by atoms with Crippen molar-refractivity contribution >= 4 is 17.8 Å². The second-order valence-corrected chi connectivity index (χ2v) is 6.07. The van der Waals surface area contributed by atoms with Crippen LogP contribution in [0.15, 0.2) is 18.2 Å². The van der Waals surface area contributed by atoms with Crippen molar-refractivity contribution in [2.75, 3.05) is 38.7 Å². The van der Waals surface area contributed by atoms with Crippen LogP contribution < -0.4 is 20.1 Å². The first kappa shape index (κ1) is 17.2. The summed E-state index contributed by atoms with van der Waals surface area (Å²) in [6.45, 7) is 2.31. The Bertz CT molecular complexity index is 637. The molecular weight excluding hydrogens is 326 g/mol. The summed E-state index contributed by atoms with van der Waals surface area (Å²) >= 11 is 0. The highest BCUT2D eigenvalue weighted by Gasteiger charge is 2.25. The molecule has 25 heavy (non-hydrogen) atoms. The maximum atomic E-state index is 12.2. The third-order valence-corrected chi connectivity index (χ3v) is 4.19. The minimum atomic E-state index is -0.366. The normalized spacial score (nSPS) is 19.6. The Morgan fingerprint density at radius 1 is 1.20 bits per heavy atom. The lowest BCUT2D eigenvalue weighted by Crippen LogP contribution is -2.50. The number of nitrogens with zero attached hydrogens (tertiary/aromatic N) is 1. The first-order valence-corrected chi connectivity index (χ1v) is 8.46. The minimum Gasteiger partial charge on any atom is -0.490 e. The van der Waals surface area contributed by atoms with Crippen LogP contribution in [0.25, 0.3) is 0 Å². The molecule has 0 saturated carbocycles. The number of anilines is 1. The number of fused-ring (bicyclic) bond motifs is 1. The Labute approximate surface area is 146 Å². The molecule has 2 N–H and O–H groups in total. The van der Waals surface area contributed by atoms with Gasteiger partial charge >= 0.3 is 12.1 Å². The molecule has 0 aromatic heterocycles. The smallest absolute Gasteiger partial charge is 0.409 e. The zero-order chi connectivity index (χ0) is 17.6. The average molecular weight is 349 g/mol. The molecule has 0 aliphatic carbocycles. The van der Waals surface area contributed by atoms with Crippen molar-refractivity contribution in [1.29, 1.82) is 0 Å². The third kappa shape index (κ3) is 4.46. The third-order valence-electron chi connectivity index (χ3n) is 4.19. The quantitative estimate of drug-likeness (QED) is 0.854. The fraction of sp³-hybridized carbons (Fsp3) is 0.529. The van der Waals surface area contributed by atoms with Crippen LogP contribution in [0.4, 0.5) is 15.3 Å². The molecule has 0 radical (unpaired) electrons. The van der Waals surface area contributed by atoms with E-state index in [2.05, 4.69) is 10.6 Å². The highest BCUT2D eigenvalue weighted by atomic mass is 16.5. The van der Waals surface area contributed by atoms with Gasteiger partial charge in [0.2, 0.25) is 0 Å². The van der Waals surface area contributed by atoms with Crippen molar-refractivity contribution in [2.24, 2.45) is 0 Å². The van der Waals surface area contributed by atoms with Gasteiger partial charge in [0.25, 0.3) is 0 Å². The van der Waals surface area contributed by atoms with Crippen molar-refractivity contribution in [3.63, 3.8) is 0 Å². The number of carbonyl (C=O) groups excluding carboxylic acids is 2. The second-order valence-electron chi connectivity index (χ2n) is 6.07. The maximum Gasteiger partial charge on any atom is 0.409 e. The molecule has 0 bridgehead atoms. The van der Waals surface area contributed by atoms with E-state index in [1.807, 2.05) is 0 Å². The Kier molecular flexibility index (Phi) is 5.47. The monoisotopic (exact) mass is 349 g/mol. The lowest BCUT2D eigenvalue weighted by Gasteiger charge is -2.32. The van der Waals surface area contributed by atoms with Crippen LogP contribution in [0.1, 0.15) is 19.3 Å². The lowest BCUT2D eigenvalue weighted by atomic mass is 10.1. The summed E-state index contributed by atoms with van der Waals surface area (Å²) < 4.78 is 15.9. The fourth-order valence-corrected chi connectivity index (χ4v) is 2.98. The molecule has 2 aliphatic rings. The van der Waals surface area contributed by atoms with Gasteiger partial charge in [0.1, 0.15) is 0 Å². The Morgan fingerprint density at radius 2 is 2.00 bits per heavy atom. The van der Waals surface area contributed by atoms with Crippen molar-refractivity contribution in [3.05, 3.63) is 18.2 Å². The number of amides is 3. The number of ether oxygens (including phenoxy) is 3. The highest BCUT2D eigenvalue weighted by molar-refractivity contribution is 5.90. The molecule has 8 heteroatoms. The van der Waals surface area contributed by atoms with Crippen LogP contribution >= 0.6 is 0 Å². The van der Waals surface area contributed by atoms with E-state index in [1.54, 1.807) is 23.1 Å². The Hall–Kier alpha value is -2.64. The van der Waals surface area contributed by atoms with Crippen LogP contribution in [0.2, 0.25) is 0 Å². The lowest BCUT2D eigenvalue weighted by molar-refractivity contribution is 0.108.